The van der Waals surface area contributed by atoms with Crippen molar-refractivity contribution in [1.29, 1.82) is 0 Å². The van der Waals surface area contributed by atoms with Crippen LogP contribution in [-0.4, -0.2) is 19.3 Å². The molecule has 9 heteroatoms. The number of rotatable bonds is 4. The highest BCUT2D eigenvalue weighted by molar-refractivity contribution is 8.04. The number of amides is 1. The van der Waals surface area contributed by atoms with Gasteiger partial charge in [-0.15, -0.1) is 0 Å². The first-order chi connectivity index (χ1) is 15.8. The number of aromatic nitrogens is 1. The zero-order valence-corrected chi connectivity index (χ0v) is 20.1. The van der Waals surface area contributed by atoms with Gasteiger partial charge in [0.2, 0.25) is 0 Å². The van der Waals surface area contributed by atoms with Crippen molar-refractivity contribution in [2.75, 3.05) is 5.32 Å². The molecule has 33 heavy (non-hydrogen) atoms. The lowest BCUT2D eigenvalue weighted by Gasteiger charge is -2.19. The highest BCUT2D eigenvalue weighted by Gasteiger charge is 2.25. The van der Waals surface area contributed by atoms with Crippen molar-refractivity contribution in [2.24, 2.45) is 0 Å². The van der Waals surface area contributed by atoms with Gasteiger partial charge in [0.1, 0.15) is 0 Å². The number of anilines is 1. The number of nitrogens with one attached hydrogen (secondary N) is 2. The average Bonchev–Trinajstić information content (AvgIpc) is 3.19. The average molecular weight is 515 g/mol. The van der Waals surface area contributed by atoms with Crippen molar-refractivity contribution in [1.82, 2.24) is 4.98 Å². The van der Waals surface area contributed by atoms with Crippen LogP contribution in [0.4, 0.5) is 5.69 Å². The summed E-state index contributed by atoms with van der Waals surface area (Å²) in [6.45, 7) is 0. The number of aromatic amines is 1. The molecule has 1 aromatic heterocycles. The fraction of sp³-hybridized carbons (Fsp3) is 0.0417. The predicted molar refractivity (Wildman–Crippen MR) is 135 cm³/mol. The lowest BCUT2D eigenvalue weighted by molar-refractivity contribution is -0.112. The topological polar surface area (TPSA) is 79.0 Å². The number of fused-ring (bicyclic) bond motifs is 2. The standard InChI is InChI=1S/C24H16Cl2N2O3S2/c25-18-5-3-6-19(26)17(18)13-33(30,31)15-8-9-21-22(11-15)32-23(24(29)28-21)10-14-12-27-20-7-2-1-4-16(14)20/h1-12,27H,13H2,(H,28,29)/b23-10-. The third-order valence-corrected chi connectivity index (χ3v) is 8.74. The van der Waals surface area contributed by atoms with E-state index in [-0.39, 0.29) is 16.6 Å². The van der Waals surface area contributed by atoms with E-state index in [2.05, 4.69) is 10.3 Å². The Morgan fingerprint density at radius 1 is 0.970 bits per heavy atom. The van der Waals surface area contributed by atoms with Gasteiger partial charge in [0.15, 0.2) is 9.84 Å². The molecule has 5 nitrogen and oxygen atoms in total. The number of halogens is 2. The van der Waals surface area contributed by atoms with E-state index in [1.807, 2.05) is 30.5 Å². The zero-order valence-electron chi connectivity index (χ0n) is 16.9. The van der Waals surface area contributed by atoms with Crippen LogP contribution in [0.5, 0.6) is 0 Å². The highest BCUT2D eigenvalue weighted by atomic mass is 35.5. The summed E-state index contributed by atoms with van der Waals surface area (Å²) in [6.07, 6.45) is 3.64. The molecular weight excluding hydrogens is 499 g/mol. The molecular formula is C24H16Cl2N2O3S2. The van der Waals surface area contributed by atoms with E-state index in [1.54, 1.807) is 36.4 Å². The Kier molecular flexibility index (Phi) is 5.74. The molecule has 1 aliphatic rings. The van der Waals surface area contributed by atoms with Crippen molar-refractivity contribution >= 4 is 73.4 Å². The lowest BCUT2D eigenvalue weighted by atomic mass is 10.1. The maximum atomic E-state index is 13.1. The Bertz CT molecular complexity index is 1540. The number of benzene rings is 3. The molecule has 1 amide bonds. The number of para-hydroxylation sites is 1. The third-order valence-electron chi connectivity index (χ3n) is 5.31. The van der Waals surface area contributed by atoms with Crippen LogP contribution in [0.3, 0.4) is 0 Å². The quantitative estimate of drug-likeness (QED) is 0.303. The summed E-state index contributed by atoms with van der Waals surface area (Å²) in [6, 6.07) is 17.3. The lowest BCUT2D eigenvalue weighted by Crippen LogP contribution is -2.17. The molecule has 2 N–H and O–H groups in total. The predicted octanol–water partition coefficient (Wildman–Crippen LogP) is 6.53. The molecule has 5 rings (SSSR count). The summed E-state index contributed by atoms with van der Waals surface area (Å²) in [5.41, 5.74) is 2.77. The van der Waals surface area contributed by atoms with Crippen LogP contribution < -0.4 is 5.32 Å². The Morgan fingerprint density at radius 2 is 1.73 bits per heavy atom. The van der Waals surface area contributed by atoms with Gasteiger partial charge in [-0.3, -0.25) is 4.79 Å². The number of carbonyl (C=O) groups excluding carboxylic acids is 1. The number of sulfone groups is 1. The van der Waals surface area contributed by atoms with Crippen LogP contribution in [0.15, 0.2) is 81.6 Å². The van der Waals surface area contributed by atoms with Gasteiger partial charge in [-0.05, 0) is 42.5 Å². The number of thioether (sulfide) groups is 1. The van der Waals surface area contributed by atoms with Crippen molar-refractivity contribution < 1.29 is 13.2 Å². The first-order valence-corrected chi connectivity index (χ1v) is 13.1. The molecule has 0 unspecified atom stereocenters. The molecule has 0 atom stereocenters. The van der Waals surface area contributed by atoms with E-state index in [0.717, 1.165) is 16.5 Å². The molecule has 3 aromatic carbocycles. The van der Waals surface area contributed by atoms with Crippen molar-refractivity contribution in [3.8, 4) is 0 Å². The van der Waals surface area contributed by atoms with Gasteiger partial charge in [0, 0.05) is 43.2 Å². The van der Waals surface area contributed by atoms with Gasteiger partial charge < -0.3 is 10.3 Å². The molecule has 0 spiro atoms. The van der Waals surface area contributed by atoms with Gasteiger partial charge in [-0.25, -0.2) is 8.42 Å². The molecule has 0 saturated heterocycles. The molecule has 0 bridgehead atoms. The van der Waals surface area contributed by atoms with E-state index in [4.69, 9.17) is 23.2 Å². The van der Waals surface area contributed by atoms with Crippen LogP contribution in [0.25, 0.3) is 17.0 Å². The van der Waals surface area contributed by atoms with Gasteiger partial charge in [0.05, 0.1) is 21.2 Å². The SMILES string of the molecule is O=C1Nc2ccc(S(=O)(=O)Cc3c(Cl)cccc3Cl)cc2S/C1=C\c1c[nH]c2ccccc12. The summed E-state index contributed by atoms with van der Waals surface area (Å²) in [7, 11) is -3.72. The van der Waals surface area contributed by atoms with Crippen LogP contribution in [-0.2, 0) is 20.4 Å². The molecule has 0 fully saturated rings. The van der Waals surface area contributed by atoms with Gasteiger partial charge in [-0.2, -0.15) is 0 Å². The van der Waals surface area contributed by atoms with E-state index in [9.17, 15) is 13.2 Å². The van der Waals surface area contributed by atoms with Crippen LogP contribution >= 0.6 is 35.0 Å². The first-order valence-electron chi connectivity index (χ1n) is 9.88. The second-order valence-electron chi connectivity index (χ2n) is 7.47. The second kappa shape index (κ2) is 8.57. The smallest absolute Gasteiger partial charge is 0.262 e. The fourth-order valence-corrected chi connectivity index (χ4v) is 6.80. The minimum atomic E-state index is -3.72. The van der Waals surface area contributed by atoms with Crippen molar-refractivity contribution in [3.63, 3.8) is 0 Å². The fourth-order valence-electron chi connectivity index (χ4n) is 3.63. The minimum absolute atomic E-state index is 0.132. The molecule has 166 valence electrons. The van der Waals surface area contributed by atoms with Gasteiger partial charge in [-0.1, -0.05) is 59.2 Å². The molecule has 1 aliphatic heterocycles. The van der Waals surface area contributed by atoms with Crippen LogP contribution in [0.1, 0.15) is 11.1 Å². The molecule has 0 aliphatic carbocycles. The summed E-state index contributed by atoms with van der Waals surface area (Å²) in [4.78, 5) is 17.1. The summed E-state index contributed by atoms with van der Waals surface area (Å²) in [5.74, 6) is -0.560. The number of carbonyl (C=O) groups is 1. The van der Waals surface area contributed by atoms with Crippen molar-refractivity contribution in [2.45, 2.75) is 15.5 Å². The van der Waals surface area contributed by atoms with E-state index in [1.165, 1.54) is 17.8 Å². The number of H-pyrrole nitrogens is 1. The summed E-state index contributed by atoms with van der Waals surface area (Å²) >= 11 is 13.6. The largest absolute Gasteiger partial charge is 0.361 e. The van der Waals surface area contributed by atoms with E-state index < -0.39 is 9.84 Å². The highest BCUT2D eigenvalue weighted by Crippen LogP contribution is 2.41. The normalized spacial score (nSPS) is 15.0. The molecule has 0 radical (unpaired) electrons. The van der Waals surface area contributed by atoms with Crippen molar-refractivity contribution in [3.05, 3.63) is 92.9 Å². The van der Waals surface area contributed by atoms with Gasteiger partial charge in [0.25, 0.3) is 5.91 Å². The maximum Gasteiger partial charge on any atom is 0.262 e. The number of hydrogen-bond acceptors (Lipinski definition) is 4. The maximum absolute atomic E-state index is 13.1. The van der Waals surface area contributed by atoms with Gasteiger partial charge >= 0.3 is 0 Å². The van der Waals surface area contributed by atoms with E-state index in [0.29, 0.717) is 31.1 Å². The van der Waals surface area contributed by atoms with E-state index >= 15 is 0 Å². The summed E-state index contributed by atoms with van der Waals surface area (Å²) < 4.78 is 26.2. The summed E-state index contributed by atoms with van der Waals surface area (Å²) in [5, 5.41) is 4.44. The Morgan fingerprint density at radius 3 is 2.52 bits per heavy atom. The Hall–Kier alpha value is -2.71. The van der Waals surface area contributed by atoms with Crippen LogP contribution in [0.2, 0.25) is 10.0 Å². The third kappa shape index (κ3) is 4.29. The minimum Gasteiger partial charge on any atom is -0.361 e. The molecule has 0 saturated carbocycles. The second-order valence-corrected chi connectivity index (χ2v) is 11.4. The molecule has 4 aromatic rings. The first kappa shape index (κ1) is 22.1. The monoisotopic (exact) mass is 514 g/mol. The molecule has 2 heterocycles. The Labute approximate surface area is 204 Å². The van der Waals surface area contributed by atoms with Crippen LogP contribution in [0, 0.1) is 0 Å². The Balaban J connectivity index is 1.48. The zero-order chi connectivity index (χ0) is 23.2. The number of hydrogen-bond donors (Lipinski definition) is 2.